The highest BCUT2D eigenvalue weighted by atomic mass is 16.5. The van der Waals surface area contributed by atoms with Gasteiger partial charge in [-0.1, -0.05) is 13.8 Å². The second-order valence-corrected chi connectivity index (χ2v) is 5.22. The van der Waals surface area contributed by atoms with Crippen molar-refractivity contribution in [3.8, 4) is 0 Å². The summed E-state index contributed by atoms with van der Waals surface area (Å²) in [6, 6.07) is 0. The van der Waals surface area contributed by atoms with E-state index >= 15 is 0 Å². The first-order valence-electron chi connectivity index (χ1n) is 6.54. The van der Waals surface area contributed by atoms with Crippen LogP contribution in [0, 0.1) is 5.92 Å². The third-order valence-electron chi connectivity index (χ3n) is 4.01. The molecule has 1 atom stereocenters. The lowest BCUT2D eigenvalue weighted by Crippen LogP contribution is -2.55. The van der Waals surface area contributed by atoms with Crippen molar-refractivity contribution in [2.75, 3.05) is 26.3 Å². The molecule has 3 nitrogen and oxygen atoms in total. The molecule has 96 valence electrons. The molecule has 0 saturated carbocycles. The monoisotopic (exact) mass is 229 g/mol. The van der Waals surface area contributed by atoms with Crippen molar-refractivity contribution in [2.45, 2.75) is 52.2 Å². The molecule has 1 N–H and O–H groups in total. The Kier molecular flexibility index (Phi) is 5.22. The fourth-order valence-electron chi connectivity index (χ4n) is 2.83. The van der Waals surface area contributed by atoms with Crippen LogP contribution in [-0.4, -0.2) is 48.0 Å². The third-order valence-corrected chi connectivity index (χ3v) is 4.01. The van der Waals surface area contributed by atoms with Crippen molar-refractivity contribution < 1.29 is 9.84 Å². The molecule has 1 unspecified atom stereocenters. The van der Waals surface area contributed by atoms with Gasteiger partial charge in [0.1, 0.15) is 0 Å². The average Bonchev–Trinajstić information content (AvgIpc) is 2.30. The number of hydrogen-bond acceptors (Lipinski definition) is 3. The summed E-state index contributed by atoms with van der Waals surface area (Å²) < 4.78 is 5.35. The molecule has 0 aromatic rings. The topological polar surface area (TPSA) is 32.7 Å². The minimum absolute atomic E-state index is 0.133. The molecule has 1 saturated heterocycles. The molecule has 0 aliphatic carbocycles. The van der Waals surface area contributed by atoms with Gasteiger partial charge in [-0.05, 0) is 45.7 Å². The highest BCUT2D eigenvalue weighted by Crippen LogP contribution is 2.29. The van der Waals surface area contributed by atoms with Crippen molar-refractivity contribution in [1.29, 1.82) is 0 Å². The van der Waals surface area contributed by atoms with Crippen LogP contribution in [0.3, 0.4) is 0 Å². The van der Waals surface area contributed by atoms with Gasteiger partial charge in [0.2, 0.25) is 0 Å². The summed E-state index contributed by atoms with van der Waals surface area (Å²) in [5, 5.41) is 10.5. The quantitative estimate of drug-likeness (QED) is 0.781. The Balaban J connectivity index is 2.64. The molecule has 0 radical (unpaired) electrons. The molecule has 1 aliphatic rings. The van der Waals surface area contributed by atoms with E-state index in [4.69, 9.17) is 4.74 Å². The summed E-state index contributed by atoms with van der Waals surface area (Å²) in [5.74, 6) is 0.393. The Hall–Kier alpha value is -0.120. The highest BCUT2D eigenvalue weighted by Gasteiger charge is 2.38. The number of nitrogens with zero attached hydrogens (tertiary/aromatic N) is 1. The Morgan fingerprint density at radius 1 is 1.25 bits per heavy atom. The zero-order chi connectivity index (χ0) is 12.2. The summed E-state index contributed by atoms with van der Waals surface area (Å²) in [7, 11) is 0. The number of aliphatic hydroxyl groups is 1. The number of hydrogen-bond donors (Lipinski definition) is 1. The van der Waals surface area contributed by atoms with Gasteiger partial charge in [-0.2, -0.15) is 0 Å². The highest BCUT2D eigenvalue weighted by molar-refractivity contribution is 4.92. The standard InChI is InChI=1S/C13H27NO2/c1-5-14(6-2)13(3,4)12(15)11-7-9-16-10-8-11/h11-12,15H,5-10H2,1-4H3. The van der Waals surface area contributed by atoms with Gasteiger partial charge in [0.25, 0.3) is 0 Å². The van der Waals surface area contributed by atoms with E-state index in [1.165, 1.54) is 0 Å². The molecule has 3 heteroatoms. The fourth-order valence-corrected chi connectivity index (χ4v) is 2.83. The molecule has 16 heavy (non-hydrogen) atoms. The lowest BCUT2D eigenvalue weighted by atomic mass is 9.81. The van der Waals surface area contributed by atoms with Gasteiger partial charge in [0.15, 0.2) is 0 Å². The van der Waals surface area contributed by atoms with Gasteiger partial charge in [-0.15, -0.1) is 0 Å². The summed E-state index contributed by atoms with van der Waals surface area (Å²) in [5.41, 5.74) is -0.133. The average molecular weight is 229 g/mol. The lowest BCUT2D eigenvalue weighted by Gasteiger charge is -2.44. The Morgan fingerprint density at radius 2 is 1.75 bits per heavy atom. The van der Waals surface area contributed by atoms with Crippen molar-refractivity contribution in [2.24, 2.45) is 5.92 Å². The largest absolute Gasteiger partial charge is 0.391 e. The van der Waals surface area contributed by atoms with Crippen molar-refractivity contribution in [3.63, 3.8) is 0 Å². The van der Waals surface area contributed by atoms with E-state index in [0.717, 1.165) is 39.1 Å². The number of likely N-dealkylation sites (N-methyl/N-ethyl adjacent to an activating group) is 1. The molecule has 0 aromatic heterocycles. The smallest absolute Gasteiger partial charge is 0.0748 e. The first-order valence-corrected chi connectivity index (χ1v) is 6.54. The molecule has 1 aliphatic heterocycles. The normalized spacial score (nSPS) is 21.4. The summed E-state index contributed by atoms with van der Waals surface area (Å²) in [6.45, 7) is 12.2. The van der Waals surface area contributed by atoms with Crippen molar-refractivity contribution in [3.05, 3.63) is 0 Å². The van der Waals surface area contributed by atoms with E-state index in [1.54, 1.807) is 0 Å². The molecular formula is C13H27NO2. The maximum Gasteiger partial charge on any atom is 0.0748 e. The minimum Gasteiger partial charge on any atom is -0.391 e. The predicted molar refractivity (Wildman–Crippen MR) is 66.5 cm³/mol. The van der Waals surface area contributed by atoms with Crippen LogP contribution in [-0.2, 0) is 4.74 Å². The van der Waals surface area contributed by atoms with Gasteiger partial charge in [-0.25, -0.2) is 0 Å². The van der Waals surface area contributed by atoms with Crippen LogP contribution in [0.5, 0.6) is 0 Å². The zero-order valence-corrected chi connectivity index (χ0v) is 11.2. The first-order chi connectivity index (χ1) is 7.54. The van der Waals surface area contributed by atoms with Crippen LogP contribution in [0.4, 0.5) is 0 Å². The maximum atomic E-state index is 10.5. The second-order valence-electron chi connectivity index (χ2n) is 5.22. The van der Waals surface area contributed by atoms with Crippen LogP contribution in [0.1, 0.15) is 40.5 Å². The fraction of sp³-hybridized carbons (Fsp3) is 1.00. The Morgan fingerprint density at radius 3 is 2.19 bits per heavy atom. The molecule has 0 spiro atoms. The number of ether oxygens (including phenoxy) is 1. The molecule has 1 heterocycles. The molecule has 1 rings (SSSR count). The lowest BCUT2D eigenvalue weighted by molar-refractivity contribution is -0.0681. The Labute approximate surface area is 99.8 Å². The van der Waals surface area contributed by atoms with E-state index in [1.807, 2.05) is 0 Å². The van der Waals surface area contributed by atoms with Crippen LogP contribution < -0.4 is 0 Å². The molecular weight excluding hydrogens is 202 g/mol. The van der Waals surface area contributed by atoms with Crippen molar-refractivity contribution >= 4 is 0 Å². The Bertz CT molecular complexity index is 196. The van der Waals surface area contributed by atoms with Gasteiger partial charge >= 0.3 is 0 Å². The summed E-state index contributed by atoms with van der Waals surface area (Å²) in [4.78, 5) is 2.34. The van der Waals surface area contributed by atoms with Gasteiger partial charge in [0, 0.05) is 18.8 Å². The van der Waals surface area contributed by atoms with E-state index in [-0.39, 0.29) is 11.6 Å². The second kappa shape index (κ2) is 5.99. The predicted octanol–water partition coefficient (Wildman–Crippen LogP) is 1.89. The van der Waals surface area contributed by atoms with E-state index in [2.05, 4.69) is 32.6 Å². The van der Waals surface area contributed by atoms with Gasteiger partial charge < -0.3 is 9.84 Å². The summed E-state index contributed by atoms with van der Waals surface area (Å²) >= 11 is 0. The van der Waals surface area contributed by atoms with E-state index < -0.39 is 0 Å². The number of aliphatic hydroxyl groups excluding tert-OH is 1. The third kappa shape index (κ3) is 2.96. The maximum absolute atomic E-state index is 10.5. The molecule has 1 fully saturated rings. The summed E-state index contributed by atoms with van der Waals surface area (Å²) in [6.07, 6.45) is 1.73. The van der Waals surface area contributed by atoms with Gasteiger partial charge in [0.05, 0.1) is 6.10 Å². The van der Waals surface area contributed by atoms with E-state index in [0.29, 0.717) is 5.92 Å². The van der Waals surface area contributed by atoms with Crippen LogP contribution in [0.2, 0.25) is 0 Å². The van der Waals surface area contributed by atoms with Crippen LogP contribution in [0.15, 0.2) is 0 Å². The van der Waals surface area contributed by atoms with Crippen molar-refractivity contribution in [1.82, 2.24) is 4.90 Å². The van der Waals surface area contributed by atoms with E-state index in [9.17, 15) is 5.11 Å². The molecule has 0 aromatic carbocycles. The first kappa shape index (κ1) is 13.9. The molecule has 0 amide bonds. The van der Waals surface area contributed by atoms with Gasteiger partial charge in [-0.3, -0.25) is 4.90 Å². The van der Waals surface area contributed by atoms with Crippen LogP contribution >= 0.6 is 0 Å². The minimum atomic E-state index is -0.253. The SMILES string of the molecule is CCN(CC)C(C)(C)C(O)C1CCOCC1. The number of rotatable bonds is 5. The molecule has 0 bridgehead atoms. The van der Waals surface area contributed by atoms with Crippen LogP contribution in [0.25, 0.3) is 0 Å². The zero-order valence-electron chi connectivity index (χ0n) is 11.2.